The summed E-state index contributed by atoms with van der Waals surface area (Å²) in [6, 6.07) is 23.2. The standard InChI is InChI=1S/C24H21N3O2/c1-16-8-10-18(11-9-16)24(28)27-25-15-21-20-14-19(29-2)12-13-22(20)26-23(21)17-6-4-3-5-7-17/h3-15,26H,1-2H3,(H,27,28)/b25-15+. The number of methoxy groups -OCH3 is 1. The van der Waals surface area contributed by atoms with Gasteiger partial charge in [0.2, 0.25) is 0 Å². The van der Waals surface area contributed by atoms with Crippen molar-refractivity contribution >= 4 is 23.0 Å². The molecule has 0 saturated heterocycles. The lowest BCUT2D eigenvalue weighted by atomic mass is 10.1. The highest BCUT2D eigenvalue weighted by atomic mass is 16.5. The van der Waals surface area contributed by atoms with Crippen molar-refractivity contribution < 1.29 is 9.53 Å². The summed E-state index contributed by atoms with van der Waals surface area (Å²) in [5.41, 5.74) is 8.10. The van der Waals surface area contributed by atoms with Crippen LogP contribution in [0.25, 0.3) is 22.2 Å². The third-order valence-electron chi connectivity index (χ3n) is 4.78. The number of benzene rings is 3. The number of nitrogens with zero attached hydrogens (tertiary/aromatic N) is 1. The summed E-state index contributed by atoms with van der Waals surface area (Å²) in [6.07, 6.45) is 1.67. The Labute approximate surface area is 169 Å². The normalized spacial score (nSPS) is 11.1. The number of ether oxygens (including phenoxy) is 1. The lowest BCUT2D eigenvalue weighted by molar-refractivity contribution is 0.0955. The smallest absolute Gasteiger partial charge is 0.271 e. The quantitative estimate of drug-likeness (QED) is 0.380. The molecular formula is C24H21N3O2. The average molecular weight is 383 g/mol. The number of aryl methyl sites for hydroxylation is 1. The molecule has 5 heteroatoms. The Morgan fingerprint density at radius 3 is 2.52 bits per heavy atom. The van der Waals surface area contributed by atoms with Gasteiger partial charge in [-0.15, -0.1) is 0 Å². The zero-order valence-corrected chi connectivity index (χ0v) is 16.3. The second-order valence-electron chi connectivity index (χ2n) is 6.76. The number of fused-ring (bicyclic) bond motifs is 1. The first-order chi connectivity index (χ1) is 14.2. The maximum atomic E-state index is 12.4. The van der Waals surface area contributed by atoms with E-state index in [9.17, 15) is 4.79 Å². The number of hydrogen-bond acceptors (Lipinski definition) is 3. The number of carbonyl (C=O) groups excluding carboxylic acids is 1. The number of aromatic amines is 1. The molecule has 1 aromatic heterocycles. The molecule has 0 aliphatic heterocycles. The molecule has 144 valence electrons. The molecule has 1 heterocycles. The monoisotopic (exact) mass is 383 g/mol. The van der Waals surface area contributed by atoms with Crippen molar-refractivity contribution in [1.29, 1.82) is 0 Å². The zero-order chi connectivity index (χ0) is 20.2. The molecule has 1 amide bonds. The summed E-state index contributed by atoms with van der Waals surface area (Å²) in [4.78, 5) is 15.8. The lowest BCUT2D eigenvalue weighted by Crippen LogP contribution is -2.17. The van der Waals surface area contributed by atoms with Crippen LogP contribution in [0.2, 0.25) is 0 Å². The molecule has 29 heavy (non-hydrogen) atoms. The predicted molar refractivity (Wildman–Crippen MR) is 117 cm³/mol. The average Bonchev–Trinajstić information content (AvgIpc) is 3.12. The molecule has 0 saturated carbocycles. The van der Waals surface area contributed by atoms with Gasteiger partial charge in [-0.05, 0) is 42.8 Å². The van der Waals surface area contributed by atoms with Crippen molar-refractivity contribution in [3.05, 3.63) is 89.5 Å². The molecule has 0 aliphatic rings. The number of carbonyl (C=O) groups is 1. The van der Waals surface area contributed by atoms with Gasteiger partial charge >= 0.3 is 0 Å². The van der Waals surface area contributed by atoms with Crippen LogP contribution in [0.4, 0.5) is 0 Å². The van der Waals surface area contributed by atoms with Crippen molar-refractivity contribution in [1.82, 2.24) is 10.4 Å². The number of H-pyrrole nitrogens is 1. The van der Waals surface area contributed by atoms with Gasteiger partial charge in [-0.25, -0.2) is 5.43 Å². The third-order valence-corrected chi connectivity index (χ3v) is 4.78. The summed E-state index contributed by atoms with van der Waals surface area (Å²) in [7, 11) is 1.64. The zero-order valence-electron chi connectivity index (χ0n) is 16.3. The minimum atomic E-state index is -0.250. The van der Waals surface area contributed by atoms with E-state index in [1.165, 1.54) is 0 Å². The Bertz CT molecular complexity index is 1180. The van der Waals surface area contributed by atoms with Gasteiger partial charge in [0.25, 0.3) is 5.91 Å². The van der Waals surface area contributed by atoms with Crippen LogP contribution in [0.5, 0.6) is 5.75 Å². The van der Waals surface area contributed by atoms with Crippen LogP contribution in [-0.4, -0.2) is 24.2 Å². The number of hydrazone groups is 1. The molecule has 4 aromatic rings. The fraction of sp³-hybridized carbons (Fsp3) is 0.0833. The first kappa shape index (κ1) is 18.5. The minimum absolute atomic E-state index is 0.250. The molecule has 3 aromatic carbocycles. The second kappa shape index (κ2) is 8.02. The predicted octanol–water partition coefficient (Wildman–Crippen LogP) is 4.92. The summed E-state index contributed by atoms with van der Waals surface area (Å²) < 4.78 is 5.37. The third kappa shape index (κ3) is 3.89. The highest BCUT2D eigenvalue weighted by Gasteiger charge is 2.13. The SMILES string of the molecule is COc1ccc2[nH]c(-c3ccccc3)c(/C=N/NC(=O)c3ccc(C)cc3)c2c1. The van der Waals surface area contributed by atoms with Gasteiger partial charge in [0.1, 0.15) is 5.75 Å². The van der Waals surface area contributed by atoms with Crippen LogP contribution in [0.1, 0.15) is 21.5 Å². The van der Waals surface area contributed by atoms with Gasteiger partial charge in [-0.3, -0.25) is 4.79 Å². The highest BCUT2D eigenvalue weighted by molar-refractivity contribution is 6.06. The molecule has 0 unspecified atom stereocenters. The highest BCUT2D eigenvalue weighted by Crippen LogP contribution is 2.31. The summed E-state index contributed by atoms with van der Waals surface area (Å²) in [6.45, 7) is 1.98. The number of aromatic nitrogens is 1. The van der Waals surface area contributed by atoms with E-state index in [-0.39, 0.29) is 5.91 Å². The summed E-state index contributed by atoms with van der Waals surface area (Å²) >= 11 is 0. The molecule has 0 atom stereocenters. The molecule has 0 bridgehead atoms. The van der Waals surface area contributed by atoms with Gasteiger partial charge in [-0.1, -0.05) is 48.0 Å². The summed E-state index contributed by atoms with van der Waals surface area (Å²) in [5, 5.41) is 5.19. The maximum absolute atomic E-state index is 12.4. The van der Waals surface area contributed by atoms with E-state index in [1.54, 1.807) is 25.5 Å². The Morgan fingerprint density at radius 2 is 1.79 bits per heavy atom. The summed E-state index contributed by atoms with van der Waals surface area (Å²) in [5.74, 6) is 0.509. The minimum Gasteiger partial charge on any atom is -0.497 e. The Morgan fingerprint density at radius 1 is 1.03 bits per heavy atom. The molecular weight excluding hydrogens is 362 g/mol. The topological polar surface area (TPSA) is 66.5 Å². The van der Waals surface area contributed by atoms with E-state index in [0.717, 1.165) is 39.0 Å². The van der Waals surface area contributed by atoms with Crippen molar-refractivity contribution in [3.8, 4) is 17.0 Å². The number of hydrogen-bond donors (Lipinski definition) is 2. The van der Waals surface area contributed by atoms with Crippen LogP contribution in [0.3, 0.4) is 0 Å². The first-order valence-corrected chi connectivity index (χ1v) is 9.31. The van der Waals surface area contributed by atoms with Gasteiger partial charge < -0.3 is 9.72 Å². The van der Waals surface area contributed by atoms with E-state index in [1.807, 2.05) is 67.6 Å². The van der Waals surface area contributed by atoms with E-state index in [2.05, 4.69) is 15.5 Å². The lowest BCUT2D eigenvalue weighted by Gasteiger charge is -2.03. The molecule has 0 spiro atoms. The largest absolute Gasteiger partial charge is 0.497 e. The number of nitrogens with one attached hydrogen (secondary N) is 2. The Balaban J connectivity index is 1.70. The van der Waals surface area contributed by atoms with Crippen molar-refractivity contribution in [2.24, 2.45) is 5.10 Å². The fourth-order valence-electron chi connectivity index (χ4n) is 3.21. The first-order valence-electron chi connectivity index (χ1n) is 9.31. The van der Waals surface area contributed by atoms with Crippen molar-refractivity contribution in [3.63, 3.8) is 0 Å². The van der Waals surface area contributed by atoms with E-state index < -0.39 is 0 Å². The van der Waals surface area contributed by atoms with E-state index in [4.69, 9.17) is 4.74 Å². The van der Waals surface area contributed by atoms with Gasteiger partial charge in [0, 0.05) is 22.0 Å². The molecule has 4 rings (SSSR count). The van der Waals surface area contributed by atoms with Gasteiger partial charge in [0.15, 0.2) is 0 Å². The van der Waals surface area contributed by atoms with Gasteiger partial charge in [-0.2, -0.15) is 5.10 Å². The van der Waals surface area contributed by atoms with Crippen LogP contribution in [0, 0.1) is 6.92 Å². The second-order valence-corrected chi connectivity index (χ2v) is 6.76. The van der Waals surface area contributed by atoms with E-state index in [0.29, 0.717) is 5.56 Å². The van der Waals surface area contributed by atoms with Crippen LogP contribution in [-0.2, 0) is 0 Å². The Kier molecular flexibility index (Phi) is 5.12. The van der Waals surface area contributed by atoms with E-state index >= 15 is 0 Å². The molecule has 0 fully saturated rings. The maximum Gasteiger partial charge on any atom is 0.271 e. The number of rotatable bonds is 5. The Hall–Kier alpha value is -3.86. The van der Waals surface area contributed by atoms with Crippen LogP contribution >= 0.6 is 0 Å². The van der Waals surface area contributed by atoms with Crippen molar-refractivity contribution in [2.75, 3.05) is 7.11 Å². The molecule has 5 nitrogen and oxygen atoms in total. The molecule has 0 radical (unpaired) electrons. The molecule has 2 N–H and O–H groups in total. The van der Waals surface area contributed by atoms with Crippen LogP contribution in [0.15, 0.2) is 77.9 Å². The fourth-order valence-corrected chi connectivity index (χ4v) is 3.21. The number of amides is 1. The molecule has 0 aliphatic carbocycles. The van der Waals surface area contributed by atoms with Gasteiger partial charge in [0.05, 0.1) is 19.0 Å². The van der Waals surface area contributed by atoms with Crippen molar-refractivity contribution in [2.45, 2.75) is 6.92 Å². The van der Waals surface area contributed by atoms with Crippen LogP contribution < -0.4 is 10.2 Å².